The lowest BCUT2D eigenvalue weighted by atomic mass is 10.1. The summed E-state index contributed by atoms with van der Waals surface area (Å²) in [6.07, 6.45) is 3.09. The van der Waals surface area contributed by atoms with E-state index in [-0.39, 0.29) is 18.3 Å². The first-order chi connectivity index (χ1) is 16.3. The first kappa shape index (κ1) is 24.1. The Balaban J connectivity index is 1.32. The molecule has 0 spiro atoms. The van der Waals surface area contributed by atoms with Gasteiger partial charge in [0.05, 0.1) is 5.75 Å². The number of sulfonamides is 1. The molecule has 2 heterocycles. The van der Waals surface area contributed by atoms with Gasteiger partial charge in [-0.25, -0.2) is 13.6 Å². The number of hydrogen-bond donors (Lipinski definition) is 3. The van der Waals surface area contributed by atoms with Crippen molar-refractivity contribution in [2.24, 2.45) is 10.9 Å². The highest BCUT2D eigenvalue weighted by Crippen LogP contribution is 2.25. The van der Waals surface area contributed by atoms with Gasteiger partial charge in [-0.2, -0.15) is 0 Å². The van der Waals surface area contributed by atoms with Crippen LogP contribution in [0.3, 0.4) is 0 Å². The van der Waals surface area contributed by atoms with E-state index >= 15 is 0 Å². The highest BCUT2D eigenvalue weighted by Gasteiger charge is 2.23. The maximum Gasteiger partial charge on any atom is 0.260 e. The average molecular weight is 486 g/mol. The number of aromatic amines is 1. The Kier molecular flexibility index (Phi) is 7.40. The van der Waals surface area contributed by atoms with Gasteiger partial charge in [0.2, 0.25) is 10.0 Å². The summed E-state index contributed by atoms with van der Waals surface area (Å²) in [6.45, 7) is 3.02. The van der Waals surface area contributed by atoms with Crippen LogP contribution in [-0.4, -0.2) is 69.3 Å². The van der Waals surface area contributed by atoms with Crippen LogP contribution in [0.25, 0.3) is 10.9 Å². The van der Waals surface area contributed by atoms with Gasteiger partial charge in [-0.05, 0) is 54.8 Å². The highest BCUT2D eigenvalue weighted by molar-refractivity contribution is 7.89. The standard InChI is InChI=1S/C24H31N5O4S/c25-9-7-19-16-27-22-6-5-20(15-21(19)22)33-17-24(30)29-12-10-28(11-13-29)23-4-2-1-3-18(23)8-14-34(26,31)32/h1-6,15-16,27H,7-14,17,25H2,(H2,26,31,32). The number of nitrogens with one attached hydrogen (secondary N) is 1. The van der Waals surface area contributed by atoms with Crippen molar-refractivity contribution in [3.8, 4) is 5.75 Å². The first-order valence-corrected chi connectivity index (χ1v) is 13.1. The van der Waals surface area contributed by atoms with E-state index in [1.165, 1.54) is 0 Å². The first-order valence-electron chi connectivity index (χ1n) is 11.4. The number of hydrogen-bond acceptors (Lipinski definition) is 6. The number of benzene rings is 2. The number of carbonyl (C=O) groups is 1. The fourth-order valence-corrected chi connectivity index (χ4v) is 4.83. The summed E-state index contributed by atoms with van der Waals surface area (Å²) in [7, 11) is -3.53. The topological polar surface area (TPSA) is 135 Å². The molecule has 9 nitrogen and oxygen atoms in total. The highest BCUT2D eigenvalue weighted by atomic mass is 32.2. The Labute approximate surface area is 199 Å². The summed E-state index contributed by atoms with van der Waals surface area (Å²) >= 11 is 0. The molecule has 3 aromatic rings. The maximum atomic E-state index is 12.8. The smallest absolute Gasteiger partial charge is 0.260 e. The van der Waals surface area contributed by atoms with Crippen molar-refractivity contribution in [2.75, 3.05) is 50.0 Å². The fourth-order valence-electron chi connectivity index (χ4n) is 4.33. The van der Waals surface area contributed by atoms with Crippen LogP contribution in [0.2, 0.25) is 0 Å². The van der Waals surface area contributed by atoms with E-state index in [4.69, 9.17) is 15.6 Å². The van der Waals surface area contributed by atoms with E-state index in [1.54, 1.807) is 4.90 Å². The van der Waals surface area contributed by atoms with Crippen LogP contribution in [0.4, 0.5) is 5.69 Å². The van der Waals surface area contributed by atoms with Crippen LogP contribution in [0.1, 0.15) is 11.1 Å². The van der Waals surface area contributed by atoms with Gasteiger partial charge in [0.25, 0.3) is 5.91 Å². The summed E-state index contributed by atoms with van der Waals surface area (Å²) in [5.41, 5.74) is 9.77. The molecular formula is C24H31N5O4S. The number of nitrogens with two attached hydrogens (primary N) is 2. The van der Waals surface area contributed by atoms with Gasteiger partial charge in [-0.15, -0.1) is 0 Å². The lowest BCUT2D eigenvalue weighted by molar-refractivity contribution is -0.133. The molecule has 182 valence electrons. The summed E-state index contributed by atoms with van der Waals surface area (Å²) in [5, 5.41) is 6.23. The molecule has 2 aromatic carbocycles. The van der Waals surface area contributed by atoms with Crippen LogP contribution >= 0.6 is 0 Å². The van der Waals surface area contributed by atoms with Crippen molar-refractivity contribution in [2.45, 2.75) is 12.8 Å². The second kappa shape index (κ2) is 10.5. The molecule has 0 saturated carbocycles. The quantitative estimate of drug-likeness (QED) is 0.417. The van der Waals surface area contributed by atoms with Gasteiger partial charge >= 0.3 is 0 Å². The fraction of sp³-hybridized carbons (Fsp3) is 0.375. The number of ether oxygens (including phenoxy) is 1. The van der Waals surface area contributed by atoms with E-state index < -0.39 is 10.0 Å². The minimum absolute atomic E-state index is 0.0207. The lowest BCUT2D eigenvalue weighted by Gasteiger charge is -2.37. The number of rotatable bonds is 9. The van der Waals surface area contributed by atoms with Crippen molar-refractivity contribution in [3.05, 3.63) is 59.8 Å². The predicted molar refractivity (Wildman–Crippen MR) is 133 cm³/mol. The Morgan fingerprint density at radius 2 is 1.79 bits per heavy atom. The van der Waals surface area contributed by atoms with Gasteiger partial charge in [0.1, 0.15) is 5.75 Å². The van der Waals surface area contributed by atoms with Crippen LogP contribution in [-0.2, 0) is 27.7 Å². The van der Waals surface area contributed by atoms with Crippen LogP contribution < -0.4 is 20.5 Å². The number of nitrogens with zero attached hydrogens (tertiary/aromatic N) is 2. The Bertz CT molecular complexity index is 1250. The second-order valence-electron chi connectivity index (χ2n) is 8.46. The van der Waals surface area contributed by atoms with Crippen LogP contribution in [0.15, 0.2) is 48.7 Å². The summed E-state index contributed by atoms with van der Waals surface area (Å²) in [6, 6.07) is 13.5. The third-order valence-electron chi connectivity index (χ3n) is 6.14. The van der Waals surface area contributed by atoms with Crippen molar-refractivity contribution < 1.29 is 17.9 Å². The molecule has 1 aliphatic rings. The third-order valence-corrected chi connectivity index (χ3v) is 6.91. The Hall–Kier alpha value is -3.08. The zero-order valence-corrected chi connectivity index (χ0v) is 19.9. The van der Waals surface area contributed by atoms with E-state index in [0.29, 0.717) is 44.9 Å². The maximum absolute atomic E-state index is 12.8. The van der Waals surface area contributed by atoms with Crippen molar-refractivity contribution in [3.63, 3.8) is 0 Å². The summed E-state index contributed by atoms with van der Waals surface area (Å²) in [5.74, 6) is 0.502. The predicted octanol–water partition coefficient (Wildman–Crippen LogP) is 1.23. The number of aryl methyl sites for hydroxylation is 1. The number of carbonyl (C=O) groups excluding carboxylic acids is 1. The molecule has 0 aliphatic carbocycles. The molecule has 0 atom stereocenters. The van der Waals surface area contributed by atoms with Gasteiger partial charge in [-0.3, -0.25) is 4.79 Å². The van der Waals surface area contributed by atoms with Gasteiger partial charge < -0.3 is 25.3 Å². The van der Waals surface area contributed by atoms with Crippen molar-refractivity contribution in [1.82, 2.24) is 9.88 Å². The summed E-state index contributed by atoms with van der Waals surface area (Å²) in [4.78, 5) is 20.0. The number of anilines is 1. The average Bonchev–Trinajstić information content (AvgIpc) is 3.23. The number of para-hydroxylation sites is 1. The SMILES string of the molecule is NCCc1c[nH]c2ccc(OCC(=O)N3CCN(c4ccccc4CCS(N)(=O)=O)CC3)cc12. The molecule has 5 N–H and O–H groups in total. The molecule has 4 rings (SSSR count). The molecule has 0 radical (unpaired) electrons. The number of amides is 1. The van der Waals surface area contributed by atoms with Gasteiger partial charge in [0.15, 0.2) is 6.61 Å². The number of primary sulfonamides is 1. The second-order valence-corrected chi connectivity index (χ2v) is 10.2. The molecular weight excluding hydrogens is 454 g/mol. The molecule has 34 heavy (non-hydrogen) atoms. The van der Waals surface area contributed by atoms with Crippen molar-refractivity contribution >= 4 is 32.5 Å². The van der Waals surface area contributed by atoms with E-state index in [9.17, 15) is 13.2 Å². The molecule has 1 amide bonds. The zero-order valence-electron chi connectivity index (χ0n) is 19.1. The van der Waals surface area contributed by atoms with Crippen molar-refractivity contribution in [1.29, 1.82) is 0 Å². The summed E-state index contributed by atoms with van der Waals surface area (Å²) < 4.78 is 28.6. The largest absolute Gasteiger partial charge is 0.484 e. The molecule has 10 heteroatoms. The number of aromatic nitrogens is 1. The van der Waals surface area contributed by atoms with E-state index in [1.807, 2.05) is 48.7 Å². The Morgan fingerprint density at radius 3 is 2.53 bits per heavy atom. The van der Waals surface area contributed by atoms with Gasteiger partial charge in [-0.1, -0.05) is 18.2 Å². The Morgan fingerprint density at radius 1 is 1.03 bits per heavy atom. The molecule has 1 aliphatic heterocycles. The molecule has 0 unspecified atom stereocenters. The normalized spacial score (nSPS) is 14.5. The molecule has 0 bridgehead atoms. The number of piperazine rings is 1. The third kappa shape index (κ3) is 5.88. The minimum Gasteiger partial charge on any atom is -0.484 e. The van der Waals surface area contributed by atoms with E-state index in [2.05, 4.69) is 9.88 Å². The molecule has 1 saturated heterocycles. The molecule has 1 fully saturated rings. The number of fused-ring (bicyclic) bond motifs is 1. The lowest BCUT2D eigenvalue weighted by Crippen LogP contribution is -2.50. The van der Waals surface area contributed by atoms with Crippen LogP contribution in [0, 0.1) is 0 Å². The minimum atomic E-state index is -3.53. The van der Waals surface area contributed by atoms with Crippen LogP contribution in [0.5, 0.6) is 5.75 Å². The zero-order chi connectivity index (χ0) is 24.1. The van der Waals surface area contributed by atoms with Gasteiger partial charge in [0, 0.05) is 49.0 Å². The monoisotopic (exact) mass is 485 g/mol. The number of H-pyrrole nitrogens is 1. The van der Waals surface area contributed by atoms with E-state index in [0.717, 1.165) is 34.1 Å². The molecule has 1 aromatic heterocycles.